The summed E-state index contributed by atoms with van der Waals surface area (Å²) in [6, 6.07) is 14.5. The van der Waals surface area contributed by atoms with Crippen LogP contribution in [-0.4, -0.2) is 45.6 Å². The molecule has 0 radical (unpaired) electrons. The van der Waals surface area contributed by atoms with Crippen molar-refractivity contribution in [2.75, 3.05) is 31.1 Å². The number of piperazine rings is 1. The van der Waals surface area contributed by atoms with Gasteiger partial charge in [0.05, 0.1) is 11.7 Å². The summed E-state index contributed by atoms with van der Waals surface area (Å²) in [6.07, 6.45) is 4.57. The SMILES string of the molecule is Cl.Cl.Cn1c(N2CCN3CCc4ccccc4C3C2)nc(-c2ccncc2)cc1=O. The fourth-order valence-corrected chi connectivity index (χ4v) is 4.40. The number of fused-ring (bicyclic) bond motifs is 3. The summed E-state index contributed by atoms with van der Waals surface area (Å²) in [5.74, 6) is 0.738. The maximum Gasteiger partial charge on any atom is 0.255 e. The van der Waals surface area contributed by atoms with Crippen LogP contribution in [0, 0.1) is 0 Å². The zero-order chi connectivity index (χ0) is 19.1. The Morgan fingerprint density at radius 3 is 2.57 bits per heavy atom. The average molecular weight is 446 g/mol. The second-order valence-corrected chi connectivity index (χ2v) is 7.52. The molecule has 0 spiro atoms. The first-order chi connectivity index (χ1) is 13.7. The number of halogens is 2. The fourth-order valence-electron chi connectivity index (χ4n) is 4.40. The minimum Gasteiger partial charge on any atom is -0.339 e. The molecular formula is C22H25Cl2N5O. The number of hydrogen-bond acceptors (Lipinski definition) is 5. The molecule has 8 heteroatoms. The number of pyridine rings is 1. The van der Waals surface area contributed by atoms with Crippen LogP contribution in [0.5, 0.6) is 0 Å². The van der Waals surface area contributed by atoms with E-state index in [2.05, 4.69) is 39.0 Å². The van der Waals surface area contributed by atoms with E-state index in [1.807, 2.05) is 19.2 Å². The second kappa shape index (κ2) is 9.16. The lowest BCUT2D eigenvalue weighted by Gasteiger charge is -2.45. The van der Waals surface area contributed by atoms with Gasteiger partial charge in [-0.05, 0) is 29.7 Å². The second-order valence-electron chi connectivity index (χ2n) is 7.52. The number of hydrogen-bond donors (Lipinski definition) is 0. The van der Waals surface area contributed by atoms with Gasteiger partial charge in [0.25, 0.3) is 5.56 Å². The predicted octanol–water partition coefficient (Wildman–Crippen LogP) is 3.11. The van der Waals surface area contributed by atoms with Crippen LogP contribution >= 0.6 is 24.8 Å². The van der Waals surface area contributed by atoms with Gasteiger partial charge in [-0.25, -0.2) is 4.98 Å². The third-order valence-corrected chi connectivity index (χ3v) is 5.94. The number of benzene rings is 1. The minimum atomic E-state index is -0.0386. The van der Waals surface area contributed by atoms with Crippen LogP contribution in [-0.2, 0) is 13.5 Å². The molecule has 2 aliphatic rings. The van der Waals surface area contributed by atoms with E-state index in [1.54, 1.807) is 23.0 Å². The standard InChI is InChI=1S/C22H23N5O.2ClH/c1-25-21(28)14-19(17-6-9-23-10-7-17)24-22(25)27-13-12-26-11-8-16-4-2-3-5-18(16)20(26)15-27;;/h2-7,9-10,14,20H,8,11-13,15H2,1H3;2*1H. The van der Waals surface area contributed by atoms with Crippen molar-refractivity contribution in [2.45, 2.75) is 12.5 Å². The summed E-state index contributed by atoms with van der Waals surface area (Å²) < 4.78 is 1.66. The highest BCUT2D eigenvalue weighted by Gasteiger charge is 2.33. The van der Waals surface area contributed by atoms with E-state index in [1.165, 1.54) is 11.1 Å². The third kappa shape index (κ3) is 3.95. The van der Waals surface area contributed by atoms with Crippen LogP contribution in [0.1, 0.15) is 17.2 Å². The minimum absolute atomic E-state index is 0. The fraction of sp³-hybridized carbons (Fsp3) is 0.318. The smallest absolute Gasteiger partial charge is 0.255 e. The van der Waals surface area contributed by atoms with Gasteiger partial charge in [0.1, 0.15) is 0 Å². The molecule has 0 N–H and O–H groups in total. The molecule has 30 heavy (non-hydrogen) atoms. The first-order valence-corrected chi connectivity index (χ1v) is 9.76. The van der Waals surface area contributed by atoms with E-state index < -0.39 is 0 Å². The van der Waals surface area contributed by atoms with Gasteiger partial charge in [-0.15, -0.1) is 24.8 Å². The van der Waals surface area contributed by atoms with E-state index in [9.17, 15) is 4.79 Å². The molecule has 0 saturated carbocycles. The first kappa shape index (κ1) is 22.3. The maximum atomic E-state index is 12.6. The van der Waals surface area contributed by atoms with Crippen molar-refractivity contribution in [1.82, 2.24) is 19.4 Å². The lowest BCUT2D eigenvalue weighted by Crippen LogP contribution is -2.52. The molecule has 5 rings (SSSR count). The number of nitrogens with zero attached hydrogens (tertiary/aromatic N) is 5. The molecule has 1 unspecified atom stereocenters. The summed E-state index contributed by atoms with van der Waals surface area (Å²) in [7, 11) is 1.81. The molecule has 1 aromatic carbocycles. The normalized spacial score (nSPS) is 17.9. The summed E-state index contributed by atoms with van der Waals surface area (Å²) in [5.41, 5.74) is 4.43. The predicted molar refractivity (Wildman–Crippen MR) is 124 cm³/mol. The third-order valence-electron chi connectivity index (χ3n) is 5.94. The molecule has 2 aromatic heterocycles. The molecule has 6 nitrogen and oxygen atoms in total. The van der Waals surface area contributed by atoms with Crippen molar-refractivity contribution in [3.8, 4) is 11.3 Å². The van der Waals surface area contributed by atoms with Gasteiger partial charge in [0, 0.05) is 57.3 Å². The lowest BCUT2D eigenvalue weighted by atomic mass is 9.91. The van der Waals surface area contributed by atoms with Gasteiger partial charge in [-0.2, -0.15) is 0 Å². The van der Waals surface area contributed by atoms with E-state index >= 15 is 0 Å². The number of rotatable bonds is 2. The molecule has 0 amide bonds. The van der Waals surface area contributed by atoms with Crippen LogP contribution in [0.2, 0.25) is 0 Å². The molecule has 158 valence electrons. The van der Waals surface area contributed by atoms with Crippen molar-refractivity contribution >= 4 is 30.8 Å². The molecule has 2 aliphatic heterocycles. The first-order valence-electron chi connectivity index (χ1n) is 9.76. The van der Waals surface area contributed by atoms with Crippen molar-refractivity contribution in [2.24, 2.45) is 7.05 Å². The van der Waals surface area contributed by atoms with Gasteiger partial charge in [-0.3, -0.25) is 19.2 Å². The maximum absolute atomic E-state index is 12.6. The Hall–Kier alpha value is -2.41. The van der Waals surface area contributed by atoms with Crippen LogP contribution < -0.4 is 10.5 Å². The van der Waals surface area contributed by atoms with E-state index in [4.69, 9.17) is 4.98 Å². The monoisotopic (exact) mass is 445 g/mol. The van der Waals surface area contributed by atoms with Crippen LogP contribution in [0.4, 0.5) is 5.95 Å². The van der Waals surface area contributed by atoms with Gasteiger partial charge in [0.15, 0.2) is 0 Å². The Bertz CT molecular complexity index is 1070. The Labute approximate surface area is 188 Å². The molecule has 3 aromatic rings. The Morgan fingerprint density at radius 1 is 1.00 bits per heavy atom. The Morgan fingerprint density at radius 2 is 1.77 bits per heavy atom. The molecule has 1 saturated heterocycles. The quantitative estimate of drug-likeness (QED) is 0.606. The van der Waals surface area contributed by atoms with Gasteiger partial charge < -0.3 is 4.90 Å². The van der Waals surface area contributed by atoms with Crippen molar-refractivity contribution < 1.29 is 0 Å². The molecule has 4 heterocycles. The zero-order valence-electron chi connectivity index (χ0n) is 16.8. The lowest BCUT2D eigenvalue weighted by molar-refractivity contribution is 0.165. The molecule has 0 bridgehead atoms. The number of aromatic nitrogens is 3. The molecule has 1 fully saturated rings. The zero-order valence-corrected chi connectivity index (χ0v) is 18.4. The average Bonchev–Trinajstić information content (AvgIpc) is 2.75. The van der Waals surface area contributed by atoms with Crippen LogP contribution in [0.15, 0.2) is 59.7 Å². The van der Waals surface area contributed by atoms with Gasteiger partial charge >= 0.3 is 0 Å². The van der Waals surface area contributed by atoms with Crippen LogP contribution in [0.3, 0.4) is 0 Å². The van der Waals surface area contributed by atoms with Gasteiger partial charge in [0.2, 0.25) is 5.95 Å². The molecule has 1 atom stereocenters. The van der Waals surface area contributed by atoms with Crippen molar-refractivity contribution in [3.05, 3.63) is 76.3 Å². The number of anilines is 1. The van der Waals surface area contributed by atoms with Crippen molar-refractivity contribution in [1.29, 1.82) is 0 Å². The summed E-state index contributed by atoms with van der Waals surface area (Å²) in [6.45, 7) is 3.79. The summed E-state index contributed by atoms with van der Waals surface area (Å²) in [4.78, 5) is 26.4. The van der Waals surface area contributed by atoms with Crippen molar-refractivity contribution in [3.63, 3.8) is 0 Å². The largest absolute Gasteiger partial charge is 0.339 e. The van der Waals surface area contributed by atoms with Gasteiger partial charge in [-0.1, -0.05) is 24.3 Å². The summed E-state index contributed by atoms with van der Waals surface area (Å²) in [5, 5.41) is 0. The van der Waals surface area contributed by atoms with Crippen LogP contribution in [0.25, 0.3) is 11.3 Å². The van der Waals surface area contributed by atoms with E-state index in [-0.39, 0.29) is 30.4 Å². The highest BCUT2D eigenvalue weighted by atomic mass is 35.5. The summed E-state index contributed by atoms with van der Waals surface area (Å²) >= 11 is 0. The Balaban J connectivity index is 0.00000128. The topological polar surface area (TPSA) is 54.3 Å². The highest BCUT2D eigenvalue weighted by Crippen LogP contribution is 2.33. The van der Waals surface area contributed by atoms with E-state index in [0.717, 1.165) is 44.1 Å². The molecular weight excluding hydrogens is 421 g/mol. The highest BCUT2D eigenvalue weighted by molar-refractivity contribution is 5.85. The van der Waals surface area contributed by atoms with E-state index in [0.29, 0.717) is 11.7 Å². The Kier molecular flexibility index (Phi) is 6.81. The molecule has 0 aliphatic carbocycles.